The Morgan fingerprint density at radius 1 is 1.45 bits per heavy atom. The van der Waals surface area contributed by atoms with Crippen LogP contribution in [0.2, 0.25) is 0 Å². The molecular weight excluding hydrogens is 140 g/mol. The molecule has 0 saturated carbocycles. The summed E-state index contributed by atoms with van der Waals surface area (Å²) in [6, 6.07) is -0.0497. The van der Waals surface area contributed by atoms with Crippen molar-refractivity contribution in [2.24, 2.45) is 11.7 Å². The van der Waals surface area contributed by atoms with Gasteiger partial charge in [-0.1, -0.05) is 6.92 Å². The second-order valence-electron chi connectivity index (χ2n) is 3.10. The molecule has 0 fully saturated rings. The van der Waals surface area contributed by atoms with E-state index >= 15 is 0 Å². The minimum atomic E-state index is -0.102. The van der Waals surface area contributed by atoms with Gasteiger partial charge >= 0.3 is 0 Å². The van der Waals surface area contributed by atoms with Crippen molar-refractivity contribution in [3.05, 3.63) is 0 Å². The maximum Gasteiger partial charge on any atom is 0.147 e. The normalized spacial score (nSPS) is 19.0. The maximum absolute atomic E-state index is 11.0. The largest absolute Gasteiger partial charge is 0.328 e. The van der Waals surface area contributed by atoms with Gasteiger partial charge in [0.2, 0.25) is 0 Å². The third-order valence-electron chi connectivity index (χ3n) is 2.10. The standard InChI is InChI=1S/C8H18N2O/c1-5(6(2)9)8(10-4)7(3)11/h5-6,8,10H,9H2,1-4H3/t5?,6?,8-/m1/s1. The molecule has 0 aliphatic heterocycles. The average Bonchev–Trinajstić information content (AvgIpc) is 1.88. The molecule has 0 radical (unpaired) electrons. The summed E-state index contributed by atoms with van der Waals surface area (Å²) >= 11 is 0. The zero-order valence-electron chi connectivity index (χ0n) is 7.72. The second-order valence-corrected chi connectivity index (χ2v) is 3.10. The van der Waals surface area contributed by atoms with E-state index in [-0.39, 0.29) is 23.8 Å². The summed E-state index contributed by atoms with van der Waals surface area (Å²) < 4.78 is 0. The molecule has 3 atom stereocenters. The van der Waals surface area contributed by atoms with Crippen molar-refractivity contribution in [1.82, 2.24) is 5.32 Å². The van der Waals surface area contributed by atoms with Crippen LogP contribution in [0.1, 0.15) is 20.8 Å². The Bertz CT molecular complexity index is 134. The van der Waals surface area contributed by atoms with Gasteiger partial charge in [-0.05, 0) is 26.8 Å². The molecule has 2 unspecified atom stereocenters. The third-order valence-corrected chi connectivity index (χ3v) is 2.10. The molecule has 0 aromatic heterocycles. The summed E-state index contributed by atoms with van der Waals surface area (Å²) in [5.74, 6) is 0.342. The van der Waals surface area contributed by atoms with Crippen LogP contribution in [0, 0.1) is 5.92 Å². The summed E-state index contributed by atoms with van der Waals surface area (Å²) in [6.45, 7) is 5.48. The highest BCUT2D eigenvalue weighted by molar-refractivity contribution is 5.81. The highest BCUT2D eigenvalue weighted by Gasteiger charge is 2.22. The topological polar surface area (TPSA) is 55.1 Å². The van der Waals surface area contributed by atoms with Crippen molar-refractivity contribution in [3.8, 4) is 0 Å². The number of nitrogens with one attached hydrogen (secondary N) is 1. The summed E-state index contributed by atoms with van der Waals surface area (Å²) in [5, 5.41) is 2.95. The lowest BCUT2D eigenvalue weighted by Crippen LogP contribution is -2.45. The predicted octanol–water partition coefficient (Wildman–Crippen LogP) is 0.147. The number of hydrogen-bond acceptors (Lipinski definition) is 3. The fourth-order valence-corrected chi connectivity index (χ4v) is 1.14. The van der Waals surface area contributed by atoms with Gasteiger partial charge in [-0.3, -0.25) is 4.79 Å². The van der Waals surface area contributed by atoms with Gasteiger partial charge in [-0.2, -0.15) is 0 Å². The predicted molar refractivity (Wildman–Crippen MR) is 46.3 cm³/mol. The number of carbonyl (C=O) groups is 1. The maximum atomic E-state index is 11.0. The first-order chi connectivity index (χ1) is 5.00. The fraction of sp³-hybridized carbons (Fsp3) is 0.875. The first kappa shape index (κ1) is 10.6. The number of rotatable bonds is 4. The van der Waals surface area contributed by atoms with E-state index in [0.29, 0.717) is 0 Å². The van der Waals surface area contributed by atoms with E-state index in [1.807, 2.05) is 13.8 Å². The molecule has 0 aliphatic carbocycles. The van der Waals surface area contributed by atoms with Gasteiger partial charge in [0.05, 0.1) is 6.04 Å². The number of Topliss-reactive ketones (excluding diaryl/α,β-unsaturated/α-hetero) is 1. The van der Waals surface area contributed by atoms with Crippen LogP contribution in [-0.2, 0) is 4.79 Å². The molecule has 0 amide bonds. The summed E-state index contributed by atoms with van der Waals surface area (Å²) in [7, 11) is 1.78. The van der Waals surface area contributed by atoms with Gasteiger partial charge in [-0.25, -0.2) is 0 Å². The summed E-state index contributed by atoms with van der Waals surface area (Å²) in [4.78, 5) is 11.0. The van der Waals surface area contributed by atoms with E-state index in [2.05, 4.69) is 5.32 Å². The zero-order valence-corrected chi connectivity index (χ0v) is 7.72. The van der Waals surface area contributed by atoms with Gasteiger partial charge in [0.1, 0.15) is 5.78 Å². The van der Waals surface area contributed by atoms with Gasteiger partial charge in [-0.15, -0.1) is 0 Å². The third kappa shape index (κ3) is 2.99. The molecule has 0 spiro atoms. The molecule has 3 nitrogen and oxygen atoms in total. The van der Waals surface area contributed by atoms with Gasteiger partial charge in [0.15, 0.2) is 0 Å². The van der Waals surface area contributed by atoms with Crippen LogP contribution >= 0.6 is 0 Å². The number of carbonyl (C=O) groups excluding carboxylic acids is 1. The van der Waals surface area contributed by atoms with E-state index < -0.39 is 0 Å². The van der Waals surface area contributed by atoms with Crippen LogP contribution in [-0.4, -0.2) is 24.9 Å². The molecule has 0 saturated heterocycles. The van der Waals surface area contributed by atoms with Gasteiger partial charge < -0.3 is 11.1 Å². The molecule has 66 valence electrons. The Morgan fingerprint density at radius 3 is 2.00 bits per heavy atom. The van der Waals surface area contributed by atoms with E-state index in [9.17, 15) is 4.79 Å². The average molecular weight is 158 g/mol. The minimum Gasteiger partial charge on any atom is -0.328 e. The zero-order chi connectivity index (χ0) is 9.02. The van der Waals surface area contributed by atoms with Crippen LogP contribution in [0.15, 0.2) is 0 Å². The minimum absolute atomic E-state index is 0.0522. The Labute approximate surface area is 68.3 Å². The van der Waals surface area contributed by atoms with Crippen molar-refractivity contribution in [2.75, 3.05) is 7.05 Å². The van der Waals surface area contributed by atoms with Crippen molar-refractivity contribution >= 4 is 5.78 Å². The van der Waals surface area contributed by atoms with Crippen molar-refractivity contribution in [1.29, 1.82) is 0 Å². The summed E-state index contributed by atoms with van der Waals surface area (Å²) in [5.41, 5.74) is 5.66. The van der Waals surface area contributed by atoms with Crippen molar-refractivity contribution < 1.29 is 4.79 Å². The quantitative estimate of drug-likeness (QED) is 0.612. The Hall–Kier alpha value is -0.410. The van der Waals surface area contributed by atoms with Crippen LogP contribution < -0.4 is 11.1 Å². The molecule has 11 heavy (non-hydrogen) atoms. The SMILES string of the molecule is CN[C@@H](C(C)=O)C(C)C(C)N. The van der Waals surface area contributed by atoms with E-state index in [1.54, 1.807) is 14.0 Å². The van der Waals surface area contributed by atoms with E-state index in [1.165, 1.54) is 0 Å². The first-order valence-corrected chi connectivity index (χ1v) is 3.94. The molecule has 3 heteroatoms. The molecule has 3 N–H and O–H groups in total. The lowest BCUT2D eigenvalue weighted by molar-refractivity contribution is -0.120. The monoisotopic (exact) mass is 158 g/mol. The van der Waals surface area contributed by atoms with Crippen LogP contribution in [0.4, 0.5) is 0 Å². The van der Waals surface area contributed by atoms with Gasteiger partial charge in [0, 0.05) is 6.04 Å². The Balaban J connectivity index is 4.14. The fourth-order valence-electron chi connectivity index (χ4n) is 1.14. The lowest BCUT2D eigenvalue weighted by atomic mass is 9.93. The molecular formula is C8H18N2O. The molecule has 0 rings (SSSR count). The van der Waals surface area contributed by atoms with Crippen molar-refractivity contribution in [2.45, 2.75) is 32.9 Å². The highest BCUT2D eigenvalue weighted by Crippen LogP contribution is 2.06. The lowest BCUT2D eigenvalue weighted by Gasteiger charge is -2.23. The van der Waals surface area contributed by atoms with Crippen LogP contribution in [0.5, 0.6) is 0 Å². The summed E-state index contributed by atoms with van der Waals surface area (Å²) in [6.07, 6.45) is 0. The van der Waals surface area contributed by atoms with Gasteiger partial charge in [0.25, 0.3) is 0 Å². The Kier molecular flexibility index (Phi) is 4.30. The van der Waals surface area contributed by atoms with Crippen LogP contribution in [0.25, 0.3) is 0 Å². The molecule has 0 aromatic rings. The highest BCUT2D eigenvalue weighted by atomic mass is 16.1. The number of nitrogens with two attached hydrogens (primary N) is 1. The molecule has 0 aliphatic rings. The number of hydrogen-bond donors (Lipinski definition) is 2. The van der Waals surface area contributed by atoms with E-state index in [4.69, 9.17) is 5.73 Å². The smallest absolute Gasteiger partial charge is 0.147 e. The Morgan fingerprint density at radius 2 is 1.91 bits per heavy atom. The molecule has 0 aromatic carbocycles. The molecule has 0 bridgehead atoms. The van der Waals surface area contributed by atoms with E-state index in [0.717, 1.165) is 0 Å². The first-order valence-electron chi connectivity index (χ1n) is 3.94. The second kappa shape index (κ2) is 4.46. The van der Waals surface area contributed by atoms with Crippen molar-refractivity contribution in [3.63, 3.8) is 0 Å². The van der Waals surface area contributed by atoms with Crippen LogP contribution in [0.3, 0.4) is 0 Å². The number of likely N-dealkylation sites (N-methyl/N-ethyl adjacent to an activating group) is 1. The number of ketones is 1. The molecule has 0 heterocycles.